The minimum Gasteiger partial charge on any atom is -0.480 e. The number of nitrogens with one attached hydrogen (secondary N) is 1. The number of carbonyl (C=O) groups excluding carboxylic acids is 1. The zero-order chi connectivity index (χ0) is 10.4. The lowest BCUT2D eigenvalue weighted by Gasteiger charge is -2.15. The maximum Gasteiger partial charge on any atom is 0.318 e. The van der Waals surface area contributed by atoms with Crippen LogP contribution in [0.25, 0.3) is 0 Å². The SMILES string of the molecule is CC.CNC(=O)C(C)(C)C(=O)O. The molecule has 0 fully saturated rings. The van der Waals surface area contributed by atoms with Crippen molar-refractivity contribution >= 4 is 11.9 Å². The number of amides is 1. The standard InChI is InChI=1S/C6H11NO3.C2H6/c1-6(2,5(9)10)4(8)7-3;1-2/h1-3H3,(H,7,8)(H,9,10);1-2H3. The minimum absolute atomic E-state index is 0.486. The molecule has 0 saturated heterocycles. The number of hydrogen-bond acceptors (Lipinski definition) is 2. The number of rotatable bonds is 2. The fraction of sp³-hybridized carbons (Fsp3) is 0.750. The van der Waals surface area contributed by atoms with Crippen LogP contribution in [-0.4, -0.2) is 24.0 Å². The lowest BCUT2D eigenvalue weighted by Crippen LogP contribution is -2.40. The van der Waals surface area contributed by atoms with Gasteiger partial charge in [-0.15, -0.1) is 0 Å². The van der Waals surface area contributed by atoms with Crippen molar-refractivity contribution in [3.8, 4) is 0 Å². The third kappa shape index (κ3) is 3.37. The first-order valence-electron chi connectivity index (χ1n) is 3.88. The fourth-order valence-corrected chi connectivity index (χ4v) is 0.410. The van der Waals surface area contributed by atoms with E-state index in [2.05, 4.69) is 5.32 Å². The van der Waals surface area contributed by atoms with Crippen LogP contribution in [0.15, 0.2) is 0 Å². The molecule has 4 nitrogen and oxygen atoms in total. The highest BCUT2D eigenvalue weighted by Gasteiger charge is 2.34. The number of carboxylic acid groups (broad SMARTS) is 1. The van der Waals surface area contributed by atoms with Crippen LogP contribution in [0.4, 0.5) is 0 Å². The van der Waals surface area contributed by atoms with Gasteiger partial charge in [0.15, 0.2) is 0 Å². The van der Waals surface area contributed by atoms with Crippen molar-refractivity contribution < 1.29 is 14.7 Å². The summed E-state index contributed by atoms with van der Waals surface area (Å²) in [6.07, 6.45) is 0. The van der Waals surface area contributed by atoms with E-state index in [0.717, 1.165) is 0 Å². The van der Waals surface area contributed by atoms with E-state index in [1.54, 1.807) is 0 Å². The fourth-order valence-electron chi connectivity index (χ4n) is 0.410. The molecule has 0 heterocycles. The van der Waals surface area contributed by atoms with Crippen molar-refractivity contribution in [3.05, 3.63) is 0 Å². The Hall–Kier alpha value is -1.06. The molecule has 2 N–H and O–H groups in total. The summed E-state index contributed by atoms with van der Waals surface area (Å²) in [5.74, 6) is -1.60. The van der Waals surface area contributed by atoms with Crippen molar-refractivity contribution in [2.45, 2.75) is 27.7 Å². The Kier molecular flexibility index (Phi) is 6.28. The third-order valence-corrected chi connectivity index (χ3v) is 1.33. The van der Waals surface area contributed by atoms with E-state index in [1.165, 1.54) is 20.9 Å². The zero-order valence-electron chi connectivity index (χ0n) is 8.26. The smallest absolute Gasteiger partial charge is 0.318 e. The second-order valence-electron chi connectivity index (χ2n) is 2.51. The second kappa shape index (κ2) is 5.57. The average molecular weight is 175 g/mol. The Morgan fingerprint density at radius 2 is 1.58 bits per heavy atom. The van der Waals surface area contributed by atoms with Crippen LogP contribution in [0, 0.1) is 5.41 Å². The van der Waals surface area contributed by atoms with E-state index in [1.807, 2.05) is 13.8 Å². The van der Waals surface area contributed by atoms with Gasteiger partial charge in [0, 0.05) is 7.05 Å². The van der Waals surface area contributed by atoms with Gasteiger partial charge in [-0.1, -0.05) is 13.8 Å². The largest absolute Gasteiger partial charge is 0.480 e. The van der Waals surface area contributed by atoms with Crippen LogP contribution in [0.2, 0.25) is 0 Å². The minimum atomic E-state index is -1.32. The van der Waals surface area contributed by atoms with Crippen molar-refractivity contribution in [3.63, 3.8) is 0 Å². The quantitative estimate of drug-likeness (QED) is 0.612. The zero-order valence-corrected chi connectivity index (χ0v) is 8.26. The summed E-state index contributed by atoms with van der Waals surface area (Å²) >= 11 is 0. The molecule has 0 saturated carbocycles. The molecule has 0 aliphatic carbocycles. The van der Waals surface area contributed by atoms with Gasteiger partial charge in [0.25, 0.3) is 0 Å². The number of carboxylic acids is 1. The van der Waals surface area contributed by atoms with Crippen molar-refractivity contribution in [1.29, 1.82) is 0 Å². The summed E-state index contributed by atoms with van der Waals surface area (Å²) in [6, 6.07) is 0. The van der Waals surface area contributed by atoms with Gasteiger partial charge in [-0.25, -0.2) is 0 Å². The Morgan fingerprint density at radius 3 is 1.67 bits per heavy atom. The molecule has 0 aromatic heterocycles. The van der Waals surface area contributed by atoms with Gasteiger partial charge in [-0.2, -0.15) is 0 Å². The van der Waals surface area contributed by atoms with E-state index in [9.17, 15) is 9.59 Å². The van der Waals surface area contributed by atoms with Gasteiger partial charge in [0.2, 0.25) is 5.91 Å². The Balaban J connectivity index is 0. The summed E-state index contributed by atoms with van der Waals surface area (Å²) < 4.78 is 0. The third-order valence-electron chi connectivity index (χ3n) is 1.33. The monoisotopic (exact) mass is 175 g/mol. The predicted octanol–water partition coefficient (Wildman–Crippen LogP) is 0.869. The van der Waals surface area contributed by atoms with Crippen LogP contribution >= 0.6 is 0 Å². The van der Waals surface area contributed by atoms with Crippen molar-refractivity contribution in [2.75, 3.05) is 7.05 Å². The first-order valence-corrected chi connectivity index (χ1v) is 3.88. The van der Waals surface area contributed by atoms with E-state index in [-0.39, 0.29) is 0 Å². The topological polar surface area (TPSA) is 66.4 Å². The summed E-state index contributed by atoms with van der Waals surface area (Å²) in [5.41, 5.74) is -1.32. The van der Waals surface area contributed by atoms with E-state index in [4.69, 9.17) is 5.11 Å². The second-order valence-corrected chi connectivity index (χ2v) is 2.51. The van der Waals surface area contributed by atoms with E-state index in [0.29, 0.717) is 0 Å². The molecule has 72 valence electrons. The molecule has 0 unspecified atom stereocenters. The Bertz CT molecular complexity index is 164. The first kappa shape index (κ1) is 13.5. The molecule has 4 heteroatoms. The van der Waals surface area contributed by atoms with Crippen molar-refractivity contribution in [1.82, 2.24) is 5.32 Å². The summed E-state index contributed by atoms with van der Waals surface area (Å²) in [5, 5.41) is 10.7. The molecule has 12 heavy (non-hydrogen) atoms. The molecule has 0 aromatic carbocycles. The maximum absolute atomic E-state index is 10.8. The van der Waals surface area contributed by atoms with Gasteiger partial charge in [0.05, 0.1) is 0 Å². The van der Waals surface area contributed by atoms with E-state index >= 15 is 0 Å². The molecule has 0 radical (unpaired) electrons. The molecular weight excluding hydrogens is 158 g/mol. The van der Waals surface area contributed by atoms with Crippen LogP contribution in [0.5, 0.6) is 0 Å². The highest BCUT2D eigenvalue weighted by Crippen LogP contribution is 2.14. The number of aliphatic carboxylic acids is 1. The predicted molar refractivity (Wildman–Crippen MR) is 46.8 cm³/mol. The average Bonchev–Trinajstić information content (AvgIpc) is 2.06. The molecule has 0 bridgehead atoms. The first-order chi connectivity index (χ1) is 5.42. The highest BCUT2D eigenvalue weighted by atomic mass is 16.4. The lowest BCUT2D eigenvalue weighted by atomic mass is 9.93. The summed E-state index contributed by atoms with van der Waals surface area (Å²) in [6.45, 7) is 6.71. The molecule has 0 aliphatic heterocycles. The maximum atomic E-state index is 10.8. The normalized spacial score (nSPS) is 9.42. The van der Waals surface area contributed by atoms with E-state index < -0.39 is 17.3 Å². The highest BCUT2D eigenvalue weighted by molar-refractivity contribution is 6.00. The van der Waals surface area contributed by atoms with Crippen LogP contribution in [0.1, 0.15) is 27.7 Å². The van der Waals surface area contributed by atoms with Gasteiger partial charge in [-0.05, 0) is 13.8 Å². The van der Waals surface area contributed by atoms with Crippen LogP contribution in [-0.2, 0) is 9.59 Å². The molecule has 0 spiro atoms. The molecule has 0 aromatic rings. The van der Waals surface area contributed by atoms with Gasteiger partial charge in [-0.3, -0.25) is 9.59 Å². The molecule has 0 rings (SSSR count). The number of carbonyl (C=O) groups is 2. The Labute approximate surface area is 73.0 Å². The Morgan fingerprint density at radius 1 is 1.25 bits per heavy atom. The molecule has 0 aliphatic rings. The van der Waals surface area contributed by atoms with Gasteiger partial charge in [0.1, 0.15) is 5.41 Å². The molecule has 1 amide bonds. The number of hydrogen-bond donors (Lipinski definition) is 2. The van der Waals surface area contributed by atoms with Gasteiger partial charge < -0.3 is 10.4 Å². The summed E-state index contributed by atoms with van der Waals surface area (Å²) in [4.78, 5) is 21.1. The lowest BCUT2D eigenvalue weighted by molar-refractivity contribution is -0.153. The molecule has 0 atom stereocenters. The van der Waals surface area contributed by atoms with Crippen LogP contribution in [0.3, 0.4) is 0 Å². The van der Waals surface area contributed by atoms with Crippen molar-refractivity contribution in [2.24, 2.45) is 5.41 Å². The van der Waals surface area contributed by atoms with Crippen LogP contribution < -0.4 is 5.32 Å². The van der Waals surface area contributed by atoms with Gasteiger partial charge >= 0.3 is 5.97 Å². The summed E-state index contributed by atoms with van der Waals surface area (Å²) in [7, 11) is 1.41. The molecular formula is C8H17NO3.